The highest BCUT2D eigenvalue weighted by molar-refractivity contribution is 5.32. The predicted molar refractivity (Wildman–Crippen MR) is 52.1 cm³/mol. The van der Waals surface area contributed by atoms with Gasteiger partial charge in [-0.15, -0.1) is 0 Å². The molecule has 4 heteroatoms. The van der Waals surface area contributed by atoms with E-state index >= 15 is 0 Å². The Hall–Kier alpha value is -1.59. The zero-order valence-corrected chi connectivity index (χ0v) is 8.32. The van der Waals surface area contributed by atoms with E-state index in [1.54, 1.807) is 6.26 Å². The van der Waals surface area contributed by atoms with Gasteiger partial charge in [-0.2, -0.15) is 5.26 Å². The van der Waals surface area contributed by atoms with Crippen molar-refractivity contribution in [1.29, 1.82) is 5.26 Å². The molecule has 0 aromatic carbocycles. The highest BCUT2D eigenvalue weighted by Gasteiger charge is 2.09. The summed E-state index contributed by atoms with van der Waals surface area (Å²) in [7, 11) is 0. The van der Waals surface area contributed by atoms with Gasteiger partial charge < -0.3 is 4.74 Å². The molecule has 0 bridgehead atoms. The van der Waals surface area contributed by atoms with Crippen molar-refractivity contribution in [3.05, 3.63) is 12.2 Å². The Bertz CT molecular complexity index is 262. The van der Waals surface area contributed by atoms with Gasteiger partial charge in [0.25, 0.3) is 6.26 Å². The summed E-state index contributed by atoms with van der Waals surface area (Å²) >= 11 is 0. The molecule has 0 fully saturated rings. The van der Waals surface area contributed by atoms with Gasteiger partial charge in [-0.25, -0.2) is 9.79 Å². The summed E-state index contributed by atoms with van der Waals surface area (Å²) in [6.45, 7) is 6.04. The first-order chi connectivity index (χ1) is 6.72. The van der Waals surface area contributed by atoms with E-state index in [-0.39, 0.29) is 6.10 Å². The van der Waals surface area contributed by atoms with Crippen molar-refractivity contribution in [3.8, 4) is 6.26 Å². The molecular weight excluding hydrogens is 180 g/mol. The lowest BCUT2D eigenvalue weighted by Crippen LogP contribution is -2.10. The van der Waals surface area contributed by atoms with Gasteiger partial charge in [0, 0.05) is 0 Å². The van der Waals surface area contributed by atoms with Gasteiger partial charge in [0.15, 0.2) is 0 Å². The summed E-state index contributed by atoms with van der Waals surface area (Å²) in [5, 5.41) is 8.34. The standard InChI is InChI=1S/C10H14N2O2/c1-9(2)10(14-7-11)5-3-4-6-12-8-13/h10H,1,3-6H2,2H3. The topological polar surface area (TPSA) is 62.4 Å². The molecule has 0 radical (unpaired) electrons. The van der Waals surface area contributed by atoms with Gasteiger partial charge in [0.2, 0.25) is 6.08 Å². The fourth-order valence-electron chi connectivity index (χ4n) is 1.04. The minimum Gasteiger partial charge on any atom is -0.420 e. The minimum absolute atomic E-state index is 0.208. The summed E-state index contributed by atoms with van der Waals surface area (Å²) in [5.74, 6) is 0. The van der Waals surface area contributed by atoms with Crippen LogP contribution < -0.4 is 0 Å². The molecule has 0 saturated carbocycles. The summed E-state index contributed by atoms with van der Waals surface area (Å²) in [5.41, 5.74) is 0.838. The molecule has 1 atom stereocenters. The quantitative estimate of drug-likeness (QED) is 0.204. The van der Waals surface area contributed by atoms with Crippen molar-refractivity contribution in [2.45, 2.75) is 32.3 Å². The lowest BCUT2D eigenvalue weighted by atomic mass is 10.1. The van der Waals surface area contributed by atoms with Crippen molar-refractivity contribution in [2.75, 3.05) is 6.54 Å². The number of carbonyl (C=O) groups excluding carboxylic acids is 1. The maximum atomic E-state index is 9.74. The Morgan fingerprint density at radius 2 is 2.36 bits per heavy atom. The first-order valence-corrected chi connectivity index (χ1v) is 4.46. The molecule has 0 saturated heterocycles. The van der Waals surface area contributed by atoms with Gasteiger partial charge >= 0.3 is 0 Å². The molecule has 14 heavy (non-hydrogen) atoms. The molecule has 0 N–H and O–H groups in total. The molecule has 0 aliphatic heterocycles. The zero-order chi connectivity index (χ0) is 10.8. The monoisotopic (exact) mass is 194 g/mol. The number of isocyanates is 1. The van der Waals surface area contributed by atoms with Crippen molar-refractivity contribution in [3.63, 3.8) is 0 Å². The van der Waals surface area contributed by atoms with E-state index in [2.05, 4.69) is 11.6 Å². The van der Waals surface area contributed by atoms with E-state index in [9.17, 15) is 4.79 Å². The number of rotatable bonds is 7. The van der Waals surface area contributed by atoms with Crippen LogP contribution in [0, 0.1) is 11.5 Å². The molecule has 1 unspecified atom stereocenters. The fourth-order valence-corrected chi connectivity index (χ4v) is 1.04. The number of ether oxygens (including phenoxy) is 1. The van der Waals surface area contributed by atoms with Gasteiger partial charge in [-0.05, 0) is 31.8 Å². The Morgan fingerprint density at radius 3 is 2.86 bits per heavy atom. The zero-order valence-electron chi connectivity index (χ0n) is 8.32. The van der Waals surface area contributed by atoms with Crippen LogP contribution in [0.5, 0.6) is 0 Å². The minimum atomic E-state index is -0.208. The molecule has 0 aromatic heterocycles. The molecule has 0 aliphatic carbocycles. The summed E-state index contributed by atoms with van der Waals surface area (Å²) in [6, 6.07) is 0. The summed E-state index contributed by atoms with van der Waals surface area (Å²) in [4.78, 5) is 13.2. The molecule has 0 amide bonds. The molecule has 4 nitrogen and oxygen atoms in total. The van der Waals surface area contributed by atoms with E-state index in [1.807, 2.05) is 6.92 Å². The Balaban J connectivity index is 3.67. The van der Waals surface area contributed by atoms with E-state index in [0.717, 1.165) is 24.8 Å². The van der Waals surface area contributed by atoms with E-state index in [1.165, 1.54) is 6.08 Å². The van der Waals surface area contributed by atoms with Gasteiger partial charge in [-0.1, -0.05) is 6.58 Å². The first kappa shape index (κ1) is 12.4. The van der Waals surface area contributed by atoms with Crippen molar-refractivity contribution < 1.29 is 9.53 Å². The summed E-state index contributed by atoms with van der Waals surface area (Å²) in [6.07, 6.45) is 5.31. The second-order valence-corrected chi connectivity index (χ2v) is 3.01. The van der Waals surface area contributed by atoms with Crippen molar-refractivity contribution in [2.24, 2.45) is 4.99 Å². The van der Waals surface area contributed by atoms with Crippen molar-refractivity contribution in [1.82, 2.24) is 0 Å². The largest absolute Gasteiger partial charge is 0.420 e. The lowest BCUT2D eigenvalue weighted by Gasteiger charge is -2.12. The third-order valence-corrected chi connectivity index (χ3v) is 1.80. The predicted octanol–water partition coefficient (Wildman–Crippen LogP) is 1.93. The van der Waals surface area contributed by atoms with Crippen LogP contribution in [0.1, 0.15) is 26.2 Å². The fraction of sp³-hybridized carbons (Fsp3) is 0.600. The summed E-state index contributed by atoms with van der Waals surface area (Å²) < 4.78 is 4.81. The van der Waals surface area contributed by atoms with E-state index in [4.69, 9.17) is 10.00 Å². The van der Waals surface area contributed by atoms with Crippen LogP contribution in [0.3, 0.4) is 0 Å². The van der Waals surface area contributed by atoms with Crippen LogP contribution >= 0.6 is 0 Å². The normalized spacial score (nSPS) is 10.9. The highest BCUT2D eigenvalue weighted by atomic mass is 16.5. The van der Waals surface area contributed by atoms with Crippen LogP contribution in [0.25, 0.3) is 0 Å². The smallest absolute Gasteiger partial charge is 0.286 e. The van der Waals surface area contributed by atoms with Crippen LogP contribution in [0.15, 0.2) is 17.1 Å². The molecule has 76 valence electrons. The van der Waals surface area contributed by atoms with Gasteiger partial charge in [0.05, 0.1) is 6.54 Å². The number of unbranched alkanes of at least 4 members (excludes halogenated alkanes) is 1. The van der Waals surface area contributed by atoms with Crippen molar-refractivity contribution >= 4 is 6.08 Å². The average molecular weight is 194 g/mol. The van der Waals surface area contributed by atoms with Crippen LogP contribution in [-0.4, -0.2) is 18.7 Å². The molecule has 0 rings (SSSR count). The highest BCUT2D eigenvalue weighted by Crippen LogP contribution is 2.11. The number of hydrogen-bond acceptors (Lipinski definition) is 4. The number of nitrogens with zero attached hydrogens (tertiary/aromatic N) is 2. The van der Waals surface area contributed by atoms with Crippen LogP contribution in [-0.2, 0) is 9.53 Å². The Kier molecular flexibility index (Phi) is 7.12. The molecule has 0 aromatic rings. The average Bonchev–Trinajstić information content (AvgIpc) is 2.15. The van der Waals surface area contributed by atoms with Gasteiger partial charge in [0.1, 0.15) is 6.10 Å². The van der Waals surface area contributed by atoms with Gasteiger partial charge in [-0.3, -0.25) is 0 Å². The second kappa shape index (κ2) is 8.03. The number of aliphatic imine (C=N–C) groups is 1. The maximum absolute atomic E-state index is 9.74. The maximum Gasteiger partial charge on any atom is 0.286 e. The number of hydrogen-bond donors (Lipinski definition) is 0. The third-order valence-electron chi connectivity index (χ3n) is 1.80. The Labute approximate surface area is 83.9 Å². The molecule has 0 aliphatic rings. The van der Waals surface area contributed by atoms with Crippen LogP contribution in [0.4, 0.5) is 0 Å². The third kappa shape index (κ3) is 5.99. The second-order valence-electron chi connectivity index (χ2n) is 3.01. The molecule has 0 heterocycles. The number of nitriles is 1. The Morgan fingerprint density at radius 1 is 1.64 bits per heavy atom. The van der Waals surface area contributed by atoms with E-state index in [0.29, 0.717) is 6.54 Å². The molecular formula is C10H14N2O2. The lowest BCUT2D eigenvalue weighted by molar-refractivity contribution is 0.182. The van der Waals surface area contributed by atoms with E-state index < -0.39 is 0 Å². The first-order valence-electron chi connectivity index (χ1n) is 4.46. The SMILES string of the molecule is C=C(C)C(CCCCN=C=O)OC#N. The molecule has 0 spiro atoms. The van der Waals surface area contributed by atoms with Crippen LogP contribution in [0.2, 0.25) is 0 Å².